The average Bonchev–Trinajstić information content (AvgIpc) is 2.65. The van der Waals surface area contributed by atoms with E-state index in [4.69, 9.17) is 4.74 Å². The summed E-state index contributed by atoms with van der Waals surface area (Å²) in [6, 6.07) is 1.90. The number of anilines is 1. The molecule has 0 saturated carbocycles. The molecule has 2 aromatic rings. The molecule has 0 amide bonds. The highest BCUT2D eigenvalue weighted by Crippen LogP contribution is 2.19. The second-order valence-electron chi connectivity index (χ2n) is 5.78. The van der Waals surface area contributed by atoms with Crippen molar-refractivity contribution >= 4 is 23.0 Å². The van der Waals surface area contributed by atoms with E-state index in [2.05, 4.69) is 9.97 Å². The molecule has 20 heavy (non-hydrogen) atoms. The monoisotopic (exact) mass is 276 g/mol. The van der Waals surface area contributed by atoms with Crippen molar-refractivity contribution in [3.8, 4) is 0 Å². The van der Waals surface area contributed by atoms with Crippen LogP contribution in [0.25, 0.3) is 11.0 Å². The molecule has 0 aliphatic rings. The van der Waals surface area contributed by atoms with Crippen LogP contribution < -0.4 is 4.90 Å². The molecular weight excluding hydrogens is 256 g/mol. The van der Waals surface area contributed by atoms with Crippen LogP contribution >= 0.6 is 0 Å². The first-order chi connectivity index (χ1) is 9.28. The van der Waals surface area contributed by atoms with Gasteiger partial charge in [-0.15, -0.1) is 0 Å². The minimum absolute atomic E-state index is 0.155. The lowest BCUT2D eigenvalue weighted by Crippen LogP contribution is -2.33. The Balaban J connectivity index is 2.17. The largest absolute Gasteiger partial charge is 0.459 e. The third-order valence-electron chi connectivity index (χ3n) is 2.79. The van der Waals surface area contributed by atoms with Gasteiger partial charge in [-0.2, -0.15) is 0 Å². The van der Waals surface area contributed by atoms with Gasteiger partial charge in [0.2, 0.25) is 5.95 Å². The zero-order valence-corrected chi connectivity index (χ0v) is 12.5. The van der Waals surface area contributed by atoms with Gasteiger partial charge in [0, 0.05) is 20.3 Å². The summed E-state index contributed by atoms with van der Waals surface area (Å²) in [5, 5.41) is 0. The highest BCUT2D eigenvalue weighted by molar-refractivity contribution is 5.80. The Bertz CT molecular complexity index is 628. The van der Waals surface area contributed by atoms with E-state index < -0.39 is 5.60 Å². The predicted octanol–water partition coefficient (Wildman–Crippen LogP) is 1.75. The predicted molar refractivity (Wildman–Crippen MR) is 77.6 cm³/mol. The maximum absolute atomic E-state index is 11.9. The maximum atomic E-state index is 11.9. The van der Waals surface area contributed by atoms with Crippen LogP contribution in [0.5, 0.6) is 0 Å². The van der Waals surface area contributed by atoms with Gasteiger partial charge in [-0.3, -0.25) is 9.78 Å². The van der Waals surface area contributed by atoms with Crippen molar-refractivity contribution in [2.24, 2.45) is 7.05 Å². The molecule has 2 rings (SSSR count). The Morgan fingerprint density at radius 2 is 2.15 bits per heavy atom. The number of rotatable bonds is 3. The number of likely N-dealkylation sites (N-methyl/N-ethyl adjacent to an activating group) is 1. The number of imidazole rings is 1. The van der Waals surface area contributed by atoms with Crippen molar-refractivity contribution in [3.63, 3.8) is 0 Å². The topological polar surface area (TPSA) is 60.3 Å². The minimum Gasteiger partial charge on any atom is -0.459 e. The molecule has 2 aromatic heterocycles. The number of esters is 1. The fourth-order valence-electron chi connectivity index (χ4n) is 2.02. The molecule has 0 radical (unpaired) electrons. The summed E-state index contributed by atoms with van der Waals surface area (Å²) in [6.45, 7) is 5.71. The quantitative estimate of drug-likeness (QED) is 0.799. The lowest BCUT2D eigenvalue weighted by Gasteiger charge is -2.23. The molecular formula is C14H20N4O2. The third kappa shape index (κ3) is 3.07. The van der Waals surface area contributed by atoms with Crippen molar-refractivity contribution in [2.45, 2.75) is 26.4 Å². The van der Waals surface area contributed by atoms with Crippen molar-refractivity contribution in [2.75, 3.05) is 18.5 Å². The van der Waals surface area contributed by atoms with E-state index in [0.29, 0.717) is 5.95 Å². The van der Waals surface area contributed by atoms with Crippen molar-refractivity contribution in [1.82, 2.24) is 14.5 Å². The lowest BCUT2D eigenvalue weighted by molar-refractivity contribution is -0.152. The first kappa shape index (κ1) is 14.3. The number of carbonyl (C=O) groups excluding carboxylic acids is 1. The molecule has 0 saturated heterocycles. The third-order valence-corrected chi connectivity index (χ3v) is 2.79. The molecule has 0 aromatic carbocycles. The van der Waals surface area contributed by atoms with E-state index in [1.807, 2.05) is 45.5 Å². The van der Waals surface area contributed by atoms with Gasteiger partial charge < -0.3 is 14.2 Å². The number of carbonyl (C=O) groups is 1. The summed E-state index contributed by atoms with van der Waals surface area (Å²) in [5.74, 6) is 0.434. The van der Waals surface area contributed by atoms with Crippen LogP contribution in [0, 0.1) is 0 Å². The fourth-order valence-corrected chi connectivity index (χ4v) is 2.02. The summed E-state index contributed by atoms with van der Waals surface area (Å²) in [6.07, 6.45) is 3.43. The number of aromatic nitrogens is 3. The first-order valence-electron chi connectivity index (χ1n) is 6.47. The number of aryl methyl sites for hydroxylation is 1. The molecule has 108 valence electrons. The molecule has 0 bridgehead atoms. The van der Waals surface area contributed by atoms with Crippen LogP contribution in [-0.4, -0.2) is 39.7 Å². The van der Waals surface area contributed by atoms with Crippen LogP contribution in [0.1, 0.15) is 20.8 Å². The molecule has 2 heterocycles. The average molecular weight is 276 g/mol. The summed E-state index contributed by atoms with van der Waals surface area (Å²) in [5.41, 5.74) is 1.31. The molecule has 0 atom stereocenters. The normalized spacial score (nSPS) is 11.7. The van der Waals surface area contributed by atoms with Gasteiger partial charge in [-0.05, 0) is 26.8 Å². The van der Waals surface area contributed by atoms with E-state index >= 15 is 0 Å². The standard InChI is InChI=1S/C14H20N4O2/c1-14(2,3)20-12(19)9-17(4)13-16-10-8-15-7-6-11(10)18(13)5/h6-8H,9H2,1-5H3. The van der Waals surface area contributed by atoms with Gasteiger partial charge >= 0.3 is 5.97 Å². The molecule has 0 aliphatic carbocycles. The lowest BCUT2D eigenvalue weighted by atomic mass is 10.2. The van der Waals surface area contributed by atoms with Crippen LogP contribution in [-0.2, 0) is 16.6 Å². The summed E-state index contributed by atoms with van der Waals surface area (Å²) >= 11 is 0. The zero-order valence-electron chi connectivity index (χ0n) is 12.5. The molecule has 0 N–H and O–H groups in total. The Kier molecular flexibility index (Phi) is 3.65. The fraction of sp³-hybridized carbons (Fsp3) is 0.500. The van der Waals surface area contributed by atoms with Crippen molar-refractivity contribution < 1.29 is 9.53 Å². The number of hydrogen-bond donors (Lipinski definition) is 0. The van der Waals surface area contributed by atoms with Gasteiger partial charge in [0.15, 0.2) is 0 Å². The van der Waals surface area contributed by atoms with Gasteiger partial charge in [0.25, 0.3) is 0 Å². The number of ether oxygens (including phenoxy) is 1. The highest BCUT2D eigenvalue weighted by Gasteiger charge is 2.20. The number of nitrogens with zero attached hydrogens (tertiary/aromatic N) is 4. The van der Waals surface area contributed by atoms with Crippen molar-refractivity contribution in [1.29, 1.82) is 0 Å². The van der Waals surface area contributed by atoms with Gasteiger partial charge in [-0.1, -0.05) is 0 Å². The number of pyridine rings is 1. The Morgan fingerprint density at radius 3 is 2.75 bits per heavy atom. The van der Waals surface area contributed by atoms with Crippen LogP contribution in [0.15, 0.2) is 18.5 Å². The molecule has 0 aliphatic heterocycles. The molecule has 6 nitrogen and oxygen atoms in total. The first-order valence-corrected chi connectivity index (χ1v) is 6.47. The van der Waals surface area contributed by atoms with Crippen LogP contribution in [0.2, 0.25) is 0 Å². The van der Waals surface area contributed by atoms with Crippen LogP contribution in [0.4, 0.5) is 5.95 Å². The highest BCUT2D eigenvalue weighted by atomic mass is 16.6. The van der Waals surface area contributed by atoms with E-state index in [9.17, 15) is 4.79 Å². The summed E-state index contributed by atoms with van der Waals surface area (Å²) in [7, 11) is 3.73. The smallest absolute Gasteiger partial charge is 0.326 e. The van der Waals surface area contributed by atoms with Crippen molar-refractivity contribution in [3.05, 3.63) is 18.5 Å². The van der Waals surface area contributed by atoms with E-state index in [1.165, 1.54) is 0 Å². The summed E-state index contributed by atoms with van der Waals surface area (Å²) in [4.78, 5) is 22.2. The number of fused-ring (bicyclic) bond motifs is 1. The van der Waals surface area contributed by atoms with E-state index in [1.54, 1.807) is 17.3 Å². The molecule has 0 spiro atoms. The maximum Gasteiger partial charge on any atom is 0.326 e. The van der Waals surface area contributed by atoms with Gasteiger partial charge in [0.1, 0.15) is 17.7 Å². The van der Waals surface area contributed by atoms with E-state index in [0.717, 1.165) is 11.0 Å². The van der Waals surface area contributed by atoms with Gasteiger partial charge in [-0.25, -0.2) is 4.98 Å². The molecule has 0 fully saturated rings. The minimum atomic E-state index is -0.478. The SMILES string of the molecule is CN(CC(=O)OC(C)(C)C)c1nc2cnccc2n1C. The number of hydrogen-bond acceptors (Lipinski definition) is 5. The Labute approximate surface area is 118 Å². The second kappa shape index (κ2) is 5.11. The van der Waals surface area contributed by atoms with E-state index in [-0.39, 0.29) is 12.5 Å². The Hall–Kier alpha value is -2.11. The van der Waals surface area contributed by atoms with Gasteiger partial charge in [0.05, 0.1) is 11.7 Å². The van der Waals surface area contributed by atoms with Crippen LogP contribution in [0.3, 0.4) is 0 Å². The Morgan fingerprint density at radius 1 is 1.45 bits per heavy atom. The second-order valence-corrected chi connectivity index (χ2v) is 5.78. The molecule has 0 unspecified atom stereocenters. The summed E-state index contributed by atoms with van der Waals surface area (Å²) < 4.78 is 7.25. The zero-order chi connectivity index (χ0) is 14.9. The molecule has 6 heteroatoms.